The minimum atomic E-state index is -0.890. The third-order valence-corrected chi connectivity index (χ3v) is 2.81. The predicted molar refractivity (Wildman–Crippen MR) is 69.0 cm³/mol. The van der Waals surface area contributed by atoms with Crippen LogP contribution in [0.25, 0.3) is 6.08 Å². The van der Waals surface area contributed by atoms with Gasteiger partial charge in [0.05, 0.1) is 4.92 Å². The van der Waals surface area contributed by atoms with E-state index < -0.39 is 34.2 Å². The van der Waals surface area contributed by atoms with Crippen LogP contribution in [0.15, 0.2) is 23.8 Å². The maximum atomic E-state index is 11.8. The summed E-state index contributed by atoms with van der Waals surface area (Å²) in [6.07, 6.45) is 1.10. The van der Waals surface area contributed by atoms with Gasteiger partial charge in [0.2, 0.25) is 0 Å². The molecule has 1 aromatic carbocycles. The van der Waals surface area contributed by atoms with E-state index in [1.807, 2.05) is 5.32 Å². The number of nitrogens with zero attached hydrogens (tertiary/aromatic N) is 2. The minimum Gasteiger partial charge on any atom is -0.502 e. The second-order valence-corrected chi connectivity index (χ2v) is 4.19. The number of phenols is 1. The number of phenolic OH excluding ortho intramolecular Hbond substituents is 1. The molecule has 0 aromatic heterocycles. The zero-order chi connectivity index (χ0) is 15.7. The number of benzene rings is 1. The number of imide groups is 2. The lowest BCUT2D eigenvalue weighted by Gasteiger charge is -2.22. The largest absolute Gasteiger partial charge is 0.502 e. The highest BCUT2D eigenvalue weighted by Crippen LogP contribution is 2.27. The molecular formula is C12H9N3O6. The van der Waals surface area contributed by atoms with Crippen molar-refractivity contribution in [2.45, 2.75) is 0 Å². The number of amides is 4. The van der Waals surface area contributed by atoms with Gasteiger partial charge in [0, 0.05) is 13.1 Å². The molecule has 108 valence electrons. The Kier molecular flexibility index (Phi) is 3.40. The molecular weight excluding hydrogens is 282 g/mol. The molecule has 0 atom stereocenters. The number of rotatable bonds is 2. The second-order valence-electron chi connectivity index (χ2n) is 4.19. The SMILES string of the molecule is CN1C(=O)NC(=O)C(=Cc2ccc(O)c([N+](=O)[O-])c2)C1=O. The first-order valence-corrected chi connectivity index (χ1v) is 5.63. The van der Waals surface area contributed by atoms with Gasteiger partial charge in [0.25, 0.3) is 11.8 Å². The number of hydrogen-bond donors (Lipinski definition) is 2. The summed E-state index contributed by atoms with van der Waals surface area (Å²) in [5.41, 5.74) is -0.727. The summed E-state index contributed by atoms with van der Waals surface area (Å²) in [5.74, 6) is -2.24. The van der Waals surface area contributed by atoms with Gasteiger partial charge in [-0.1, -0.05) is 6.07 Å². The first kappa shape index (κ1) is 14.2. The van der Waals surface area contributed by atoms with Gasteiger partial charge in [-0.3, -0.25) is 29.9 Å². The number of carbonyl (C=O) groups is 3. The normalized spacial score (nSPS) is 17.1. The number of urea groups is 1. The molecule has 0 radical (unpaired) electrons. The third kappa shape index (κ3) is 2.56. The van der Waals surface area contributed by atoms with Gasteiger partial charge < -0.3 is 5.11 Å². The molecule has 0 bridgehead atoms. The van der Waals surface area contributed by atoms with Crippen molar-refractivity contribution in [2.24, 2.45) is 0 Å². The smallest absolute Gasteiger partial charge is 0.331 e. The van der Waals surface area contributed by atoms with Crippen LogP contribution >= 0.6 is 0 Å². The van der Waals surface area contributed by atoms with Crippen LogP contribution in [-0.4, -0.2) is 39.8 Å². The van der Waals surface area contributed by atoms with Crippen molar-refractivity contribution >= 4 is 29.6 Å². The number of likely N-dealkylation sites (N-methyl/N-ethyl adjacent to an activating group) is 1. The van der Waals surface area contributed by atoms with E-state index in [-0.39, 0.29) is 11.1 Å². The van der Waals surface area contributed by atoms with E-state index in [0.717, 1.165) is 18.2 Å². The molecule has 2 rings (SSSR count). The van der Waals surface area contributed by atoms with Gasteiger partial charge in [-0.15, -0.1) is 0 Å². The highest BCUT2D eigenvalue weighted by atomic mass is 16.6. The van der Waals surface area contributed by atoms with Crippen LogP contribution in [-0.2, 0) is 9.59 Å². The Hall–Kier alpha value is -3.23. The molecule has 2 N–H and O–H groups in total. The van der Waals surface area contributed by atoms with Crippen molar-refractivity contribution in [2.75, 3.05) is 7.05 Å². The minimum absolute atomic E-state index is 0.167. The summed E-state index contributed by atoms with van der Waals surface area (Å²) >= 11 is 0. The van der Waals surface area contributed by atoms with E-state index >= 15 is 0 Å². The number of barbiturate groups is 1. The maximum Gasteiger partial charge on any atom is 0.331 e. The van der Waals surface area contributed by atoms with Crippen molar-refractivity contribution < 1.29 is 24.4 Å². The van der Waals surface area contributed by atoms with E-state index in [4.69, 9.17) is 0 Å². The number of carbonyl (C=O) groups excluding carboxylic acids is 3. The fourth-order valence-electron chi connectivity index (χ4n) is 1.69. The molecule has 0 saturated carbocycles. The van der Waals surface area contributed by atoms with Gasteiger partial charge in [-0.2, -0.15) is 0 Å². The summed E-state index contributed by atoms with van der Waals surface area (Å²) in [4.78, 5) is 45.3. The predicted octanol–water partition coefficient (Wildman–Crippen LogP) is 0.392. The van der Waals surface area contributed by atoms with Crippen LogP contribution in [0.2, 0.25) is 0 Å². The molecule has 1 aliphatic heterocycles. The number of nitrogens with one attached hydrogen (secondary N) is 1. The zero-order valence-electron chi connectivity index (χ0n) is 10.7. The number of aromatic hydroxyl groups is 1. The molecule has 1 fully saturated rings. The Morgan fingerprint density at radius 3 is 2.62 bits per heavy atom. The number of nitro benzene ring substituents is 1. The van der Waals surface area contributed by atoms with Crippen molar-refractivity contribution in [3.63, 3.8) is 0 Å². The molecule has 0 aliphatic carbocycles. The molecule has 0 spiro atoms. The lowest BCUT2D eigenvalue weighted by atomic mass is 10.1. The van der Waals surface area contributed by atoms with E-state index in [1.165, 1.54) is 13.1 Å². The van der Waals surface area contributed by atoms with E-state index in [2.05, 4.69) is 0 Å². The van der Waals surface area contributed by atoms with Gasteiger partial charge >= 0.3 is 11.7 Å². The van der Waals surface area contributed by atoms with Crippen LogP contribution in [0.5, 0.6) is 5.75 Å². The monoisotopic (exact) mass is 291 g/mol. The summed E-state index contributed by atoms with van der Waals surface area (Å²) in [7, 11) is 1.19. The molecule has 9 heteroatoms. The second kappa shape index (κ2) is 5.04. The summed E-state index contributed by atoms with van der Waals surface area (Å²) in [6.45, 7) is 0. The molecule has 1 saturated heterocycles. The highest BCUT2D eigenvalue weighted by Gasteiger charge is 2.33. The molecule has 9 nitrogen and oxygen atoms in total. The van der Waals surface area contributed by atoms with Crippen molar-refractivity contribution in [1.82, 2.24) is 10.2 Å². The van der Waals surface area contributed by atoms with E-state index in [1.54, 1.807) is 0 Å². The van der Waals surface area contributed by atoms with Crippen molar-refractivity contribution in [1.29, 1.82) is 0 Å². The standard InChI is InChI=1S/C12H9N3O6/c1-14-11(18)7(10(17)13-12(14)19)4-6-2-3-9(16)8(5-6)15(20)21/h2-5,16H,1H3,(H,13,17,19). The van der Waals surface area contributed by atoms with Gasteiger partial charge in [0.15, 0.2) is 5.75 Å². The van der Waals surface area contributed by atoms with Crippen molar-refractivity contribution in [3.05, 3.63) is 39.4 Å². The van der Waals surface area contributed by atoms with Crippen LogP contribution in [0, 0.1) is 10.1 Å². The lowest BCUT2D eigenvalue weighted by molar-refractivity contribution is -0.385. The molecule has 21 heavy (non-hydrogen) atoms. The average Bonchev–Trinajstić information content (AvgIpc) is 2.42. The molecule has 0 unspecified atom stereocenters. The Labute approximate surface area is 117 Å². The van der Waals surface area contributed by atoms with E-state index in [9.17, 15) is 29.6 Å². The molecule has 1 aliphatic rings. The van der Waals surface area contributed by atoms with Crippen LogP contribution < -0.4 is 5.32 Å². The highest BCUT2D eigenvalue weighted by molar-refractivity contribution is 6.30. The van der Waals surface area contributed by atoms with Crippen LogP contribution in [0.4, 0.5) is 10.5 Å². The lowest BCUT2D eigenvalue weighted by Crippen LogP contribution is -2.52. The topological polar surface area (TPSA) is 130 Å². The number of nitro groups is 1. The zero-order valence-corrected chi connectivity index (χ0v) is 10.7. The first-order chi connectivity index (χ1) is 9.81. The van der Waals surface area contributed by atoms with Crippen LogP contribution in [0.3, 0.4) is 0 Å². The fraction of sp³-hybridized carbons (Fsp3) is 0.0833. The van der Waals surface area contributed by atoms with Crippen LogP contribution in [0.1, 0.15) is 5.56 Å². The Balaban J connectivity index is 2.46. The first-order valence-electron chi connectivity index (χ1n) is 5.63. The van der Waals surface area contributed by atoms with Gasteiger partial charge in [0.1, 0.15) is 5.57 Å². The Morgan fingerprint density at radius 2 is 2.00 bits per heavy atom. The van der Waals surface area contributed by atoms with E-state index in [0.29, 0.717) is 4.90 Å². The Morgan fingerprint density at radius 1 is 1.33 bits per heavy atom. The molecule has 4 amide bonds. The fourth-order valence-corrected chi connectivity index (χ4v) is 1.69. The third-order valence-electron chi connectivity index (χ3n) is 2.81. The molecule has 1 heterocycles. The van der Waals surface area contributed by atoms with Gasteiger partial charge in [-0.25, -0.2) is 4.79 Å². The summed E-state index contributed by atoms with van der Waals surface area (Å²) < 4.78 is 0. The van der Waals surface area contributed by atoms with Gasteiger partial charge in [-0.05, 0) is 17.7 Å². The Bertz CT molecular complexity index is 709. The summed E-state index contributed by atoms with van der Waals surface area (Å²) in [5, 5.41) is 22.0. The average molecular weight is 291 g/mol. The number of hydrogen-bond acceptors (Lipinski definition) is 6. The summed E-state index contributed by atoms with van der Waals surface area (Å²) in [6, 6.07) is 2.54. The molecule has 1 aromatic rings. The van der Waals surface area contributed by atoms with Crippen molar-refractivity contribution in [3.8, 4) is 5.75 Å². The quantitative estimate of drug-likeness (QED) is 0.351. The maximum absolute atomic E-state index is 11.8.